The lowest BCUT2D eigenvalue weighted by molar-refractivity contribution is -0.675. The minimum absolute atomic E-state index is 0.00329. The summed E-state index contributed by atoms with van der Waals surface area (Å²) in [6, 6.07) is 12.6. The van der Waals surface area contributed by atoms with E-state index >= 15 is 0 Å². The van der Waals surface area contributed by atoms with Crippen molar-refractivity contribution < 1.29 is 28.5 Å². The molecule has 0 bridgehead atoms. The van der Waals surface area contributed by atoms with Crippen molar-refractivity contribution in [2.75, 3.05) is 32.8 Å². The van der Waals surface area contributed by atoms with E-state index in [0.717, 1.165) is 11.4 Å². The first-order chi connectivity index (χ1) is 19.3. The Morgan fingerprint density at radius 2 is 1.88 bits per heavy atom. The van der Waals surface area contributed by atoms with Crippen molar-refractivity contribution in [3.8, 4) is 0 Å². The number of nitrogens with one attached hydrogen (secondary N) is 3. The van der Waals surface area contributed by atoms with E-state index < -0.39 is 24.2 Å². The number of likely N-dealkylation sites (tertiary alicyclic amines) is 1. The third-order valence-electron chi connectivity index (χ3n) is 7.69. The molecule has 3 aliphatic rings. The molecule has 3 heterocycles. The van der Waals surface area contributed by atoms with Crippen molar-refractivity contribution in [3.63, 3.8) is 0 Å². The largest absolute Gasteiger partial charge is 0.378 e. The van der Waals surface area contributed by atoms with Gasteiger partial charge in [0.1, 0.15) is 23.7 Å². The summed E-state index contributed by atoms with van der Waals surface area (Å²) in [5.41, 5.74) is 10.4. The van der Waals surface area contributed by atoms with Crippen LogP contribution in [0, 0.1) is 5.82 Å². The van der Waals surface area contributed by atoms with Gasteiger partial charge in [-0.1, -0.05) is 61.8 Å². The molecule has 2 saturated heterocycles. The van der Waals surface area contributed by atoms with Gasteiger partial charge in [-0.3, -0.25) is 15.0 Å². The van der Waals surface area contributed by atoms with Crippen LogP contribution >= 0.6 is 0 Å². The van der Waals surface area contributed by atoms with Crippen molar-refractivity contribution in [3.05, 3.63) is 82.6 Å². The molecule has 5 rings (SSSR count). The first-order valence-corrected chi connectivity index (χ1v) is 13.8. The molecule has 3 atom stereocenters. The number of hydrazine groups is 1. The van der Waals surface area contributed by atoms with Crippen LogP contribution in [0.15, 0.2) is 60.0 Å². The number of ether oxygens (including phenoxy) is 1. The first kappa shape index (κ1) is 28.0. The number of halogens is 2. The summed E-state index contributed by atoms with van der Waals surface area (Å²) in [6.45, 7) is 6.29. The van der Waals surface area contributed by atoms with Crippen LogP contribution in [-0.4, -0.2) is 66.7 Å². The van der Waals surface area contributed by atoms with Crippen LogP contribution in [0.3, 0.4) is 0 Å². The maximum absolute atomic E-state index is 15.0. The minimum Gasteiger partial charge on any atom is -0.378 e. The lowest BCUT2D eigenvalue weighted by atomic mass is 9.94. The Hall–Kier alpha value is -3.54. The van der Waals surface area contributed by atoms with Crippen LogP contribution in [0.5, 0.6) is 0 Å². The van der Waals surface area contributed by atoms with Gasteiger partial charge in [0.05, 0.1) is 32.2 Å². The normalized spacial score (nSPS) is 22.0. The molecule has 0 aromatic heterocycles. The average molecular weight is 556 g/mol. The topological polar surface area (TPSA) is 103 Å². The second kappa shape index (κ2) is 12.3. The van der Waals surface area contributed by atoms with Crippen molar-refractivity contribution in [1.29, 1.82) is 0 Å². The minimum atomic E-state index is -1.31. The van der Waals surface area contributed by atoms with E-state index in [1.54, 1.807) is 17.6 Å². The molecule has 2 fully saturated rings. The molecule has 2 aromatic rings. The van der Waals surface area contributed by atoms with Gasteiger partial charge in [0, 0.05) is 19.5 Å². The standard InChI is InChI=1S/C29H36F2N6O3/c1-18(2)22-9-8-20(14-23(22)31)27(19-6-4-3-5-7-19)32-29(39)25-15-21(30)17-37(25)26(38)16-24-28(34-35-33-24)36-10-12-40-13-11-36/h3-9,14,18,21,25,27,33-35H,10-13,15-17H2,1-2H3,(H,32,39)/p+1/t21-,25+,27+/m1/s1. The zero-order chi connectivity index (χ0) is 28.2. The highest BCUT2D eigenvalue weighted by Crippen LogP contribution is 2.29. The van der Waals surface area contributed by atoms with Crippen LogP contribution in [0.1, 0.15) is 55.3 Å². The number of carbonyl (C=O) groups is 2. The Kier molecular flexibility index (Phi) is 8.63. The summed E-state index contributed by atoms with van der Waals surface area (Å²) in [5.74, 6) is -0.275. The van der Waals surface area contributed by atoms with Crippen LogP contribution in [0.4, 0.5) is 8.78 Å². The molecule has 214 valence electrons. The number of morpholine rings is 1. The van der Waals surface area contributed by atoms with E-state index in [0.29, 0.717) is 43.1 Å². The molecule has 0 radical (unpaired) electrons. The highest BCUT2D eigenvalue weighted by atomic mass is 19.1. The SMILES string of the molecule is CC(C)c1ccc([C@@H](NC(=O)[C@@H]2C[C@@H](F)CN2C(=O)CC2=C(N3CCOCC3)[NH2+]NN2)c2ccccc2)cc1F. The maximum atomic E-state index is 15.0. The summed E-state index contributed by atoms with van der Waals surface area (Å²) < 4.78 is 35.1. The third kappa shape index (κ3) is 6.11. The number of benzene rings is 2. The molecule has 5 N–H and O–H groups in total. The lowest BCUT2D eigenvalue weighted by Crippen LogP contribution is -2.92. The van der Waals surface area contributed by atoms with Gasteiger partial charge in [-0.25, -0.2) is 14.2 Å². The zero-order valence-electron chi connectivity index (χ0n) is 22.8. The van der Waals surface area contributed by atoms with E-state index in [9.17, 15) is 18.4 Å². The number of rotatable bonds is 8. The Bertz CT molecular complexity index is 1250. The second-order valence-corrected chi connectivity index (χ2v) is 10.7. The fourth-order valence-corrected chi connectivity index (χ4v) is 5.56. The Balaban J connectivity index is 1.35. The zero-order valence-corrected chi connectivity index (χ0v) is 22.8. The molecule has 11 heteroatoms. The number of amides is 2. The second-order valence-electron chi connectivity index (χ2n) is 10.7. The van der Waals surface area contributed by atoms with Crippen LogP contribution < -0.4 is 21.7 Å². The highest BCUT2D eigenvalue weighted by molar-refractivity contribution is 5.89. The summed E-state index contributed by atoms with van der Waals surface area (Å²) in [7, 11) is 0. The van der Waals surface area contributed by atoms with E-state index in [4.69, 9.17) is 4.74 Å². The van der Waals surface area contributed by atoms with Crippen molar-refractivity contribution in [1.82, 2.24) is 26.1 Å². The predicted molar refractivity (Wildman–Crippen MR) is 144 cm³/mol. The van der Waals surface area contributed by atoms with Crippen LogP contribution in [0.25, 0.3) is 0 Å². The monoisotopic (exact) mass is 555 g/mol. The molecule has 9 nitrogen and oxygen atoms in total. The molecule has 40 heavy (non-hydrogen) atoms. The molecule has 0 aliphatic carbocycles. The summed E-state index contributed by atoms with van der Waals surface area (Å²) in [5, 5.41) is 2.99. The van der Waals surface area contributed by atoms with Gasteiger partial charge in [0.25, 0.3) is 0 Å². The quantitative estimate of drug-likeness (QED) is 0.369. The maximum Gasteiger partial charge on any atom is 0.243 e. The van der Waals surface area contributed by atoms with Crippen molar-refractivity contribution in [2.45, 2.75) is 50.9 Å². The molecule has 3 aliphatic heterocycles. The van der Waals surface area contributed by atoms with E-state index in [2.05, 4.69) is 21.2 Å². The Morgan fingerprint density at radius 3 is 2.58 bits per heavy atom. The molecular formula is C29H37F2N6O3+. The fraction of sp³-hybridized carbons (Fsp3) is 0.448. The number of quaternary nitrogens is 1. The van der Waals surface area contributed by atoms with E-state index in [1.165, 1.54) is 11.0 Å². The summed E-state index contributed by atoms with van der Waals surface area (Å²) in [4.78, 5) is 30.5. The number of hydrogen-bond donors (Lipinski definition) is 4. The number of nitrogens with two attached hydrogens (primary N) is 1. The van der Waals surface area contributed by atoms with Gasteiger partial charge in [-0.05, 0) is 28.7 Å². The highest BCUT2D eigenvalue weighted by Gasteiger charge is 2.41. The summed E-state index contributed by atoms with van der Waals surface area (Å²) in [6.07, 6.45) is -1.41. The third-order valence-corrected chi connectivity index (χ3v) is 7.69. The Morgan fingerprint density at radius 1 is 1.12 bits per heavy atom. The average Bonchev–Trinajstić information content (AvgIpc) is 3.58. The fourth-order valence-electron chi connectivity index (χ4n) is 5.56. The van der Waals surface area contributed by atoms with Crippen molar-refractivity contribution >= 4 is 11.8 Å². The van der Waals surface area contributed by atoms with Crippen molar-refractivity contribution in [2.24, 2.45) is 0 Å². The molecule has 0 unspecified atom stereocenters. The number of alkyl halides is 1. The van der Waals surface area contributed by atoms with Crippen LogP contribution in [0.2, 0.25) is 0 Å². The number of carbonyl (C=O) groups excluding carboxylic acids is 2. The molecule has 0 spiro atoms. The van der Waals surface area contributed by atoms with E-state index in [-0.39, 0.29) is 37.0 Å². The Labute approximate surface area is 232 Å². The summed E-state index contributed by atoms with van der Waals surface area (Å²) >= 11 is 0. The molecule has 2 amide bonds. The van der Waals surface area contributed by atoms with Gasteiger partial charge < -0.3 is 19.9 Å². The van der Waals surface area contributed by atoms with Gasteiger partial charge in [0.2, 0.25) is 17.6 Å². The number of nitrogens with zero attached hydrogens (tertiary/aromatic N) is 2. The van der Waals surface area contributed by atoms with E-state index in [1.807, 2.05) is 44.2 Å². The lowest BCUT2D eigenvalue weighted by Gasteiger charge is -2.28. The van der Waals surface area contributed by atoms with Gasteiger partial charge in [-0.15, -0.1) is 0 Å². The van der Waals surface area contributed by atoms with Crippen LogP contribution in [-0.2, 0) is 14.3 Å². The molecule has 2 aromatic carbocycles. The smallest absolute Gasteiger partial charge is 0.243 e. The molecule has 0 saturated carbocycles. The molecular weight excluding hydrogens is 518 g/mol. The number of hydrogen-bond acceptors (Lipinski definition) is 6. The van der Waals surface area contributed by atoms with Gasteiger partial charge in [-0.2, -0.15) is 0 Å². The van der Waals surface area contributed by atoms with Gasteiger partial charge >= 0.3 is 0 Å². The van der Waals surface area contributed by atoms with Gasteiger partial charge in [0.15, 0.2) is 0 Å². The first-order valence-electron chi connectivity index (χ1n) is 13.8. The predicted octanol–water partition coefficient (Wildman–Crippen LogP) is 1.57.